The molecule has 0 radical (unpaired) electrons. The van der Waals surface area contributed by atoms with Crippen molar-refractivity contribution >= 4 is 0 Å². The highest BCUT2D eigenvalue weighted by Crippen LogP contribution is 2.24. The predicted octanol–water partition coefficient (Wildman–Crippen LogP) is 3.92. The summed E-state index contributed by atoms with van der Waals surface area (Å²) in [5, 5.41) is 3.42. The molecule has 2 aromatic carbocycles. The molecule has 94 valence electrons. The van der Waals surface area contributed by atoms with Crippen LogP contribution in [0.1, 0.15) is 33.9 Å². The Balaban J connectivity index is 2.45. The van der Waals surface area contributed by atoms with Gasteiger partial charge in [0.15, 0.2) is 0 Å². The standard InChI is InChI=1S/C17H21N/c1-12-6-5-7-15(9-12)17(18-4)16-10-13(2)8-14(3)11-16/h5-11,17-18H,1-4H3. The maximum atomic E-state index is 3.42. The first-order valence-electron chi connectivity index (χ1n) is 6.42. The van der Waals surface area contributed by atoms with Gasteiger partial charge < -0.3 is 5.32 Å². The van der Waals surface area contributed by atoms with Gasteiger partial charge in [0.25, 0.3) is 0 Å². The van der Waals surface area contributed by atoms with Gasteiger partial charge in [0.05, 0.1) is 6.04 Å². The summed E-state index contributed by atoms with van der Waals surface area (Å²) >= 11 is 0. The highest BCUT2D eigenvalue weighted by atomic mass is 14.9. The molecule has 0 heterocycles. The van der Waals surface area contributed by atoms with Gasteiger partial charge in [-0.15, -0.1) is 0 Å². The average molecular weight is 239 g/mol. The monoisotopic (exact) mass is 239 g/mol. The molecule has 1 atom stereocenters. The van der Waals surface area contributed by atoms with Gasteiger partial charge in [-0.05, 0) is 38.9 Å². The smallest absolute Gasteiger partial charge is 0.0574 e. The molecule has 0 saturated carbocycles. The van der Waals surface area contributed by atoms with Crippen molar-refractivity contribution in [2.24, 2.45) is 0 Å². The zero-order valence-electron chi connectivity index (χ0n) is 11.6. The van der Waals surface area contributed by atoms with Crippen molar-refractivity contribution < 1.29 is 0 Å². The lowest BCUT2D eigenvalue weighted by Crippen LogP contribution is -2.18. The van der Waals surface area contributed by atoms with Crippen molar-refractivity contribution in [1.29, 1.82) is 0 Å². The Morgan fingerprint density at radius 2 is 1.39 bits per heavy atom. The van der Waals surface area contributed by atoms with E-state index in [-0.39, 0.29) is 6.04 Å². The average Bonchev–Trinajstić information content (AvgIpc) is 2.28. The quantitative estimate of drug-likeness (QED) is 0.856. The van der Waals surface area contributed by atoms with Crippen LogP contribution in [0.3, 0.4) is 0 Å². The van der Waals surface area contributed by atoms with E-state index in [1.165, 1.54) is 27.8 Å². The van der Waals surface area contributed by atoms with Crippen molar-refractivity contribution in [3.63, 3.8) is 0 Å². The van der Waals surface area contributed by atoms with E-state index in [0.717, 1.165) is 0 Å². The number of hydrogen-bond donors (Lipinski definition) is 1. The second-order valence-electron chi connectivity index (χ2n) is 5.06. The third-order valence-corrected chi connectivity index (χ3v) is 3.24. The van der Waals surface area contributed by atoms with Gasteiger partial charge in [-0.25, -0.2) is 0 Å². The Morgan fingerprint density at radius 3 is 1.94 bits per heavy atom. The number of aryl methyl sites for hydroxylation is 3. The number of rotatable bonds is 3. The Bertz CT molecular complexity index is 523. The largest absolute Gasteiger partial charge is 0.309 e. The molecule has 2 aromatic rings. The first-order valence-corrected chi connectivity index (χ1v) is 6.42. The molecule has 1 N–H and O–H groups in total. The third kappa shape index (κ3) is 2.80. The molecule has 0 spiro atoms. The molecule has 0 aliphatic carbocycles. The zero-order chi connectivity index (χ0) is 13.1. The topological polar surface area (TPSA) is 12.0 Å². The fraction of sp³-hybridized carbons (Fsp3) is 0.294. The number of benzene rings is 2. The van der Waals surface area contributed by atoms with Gasteiger partial charge in [-0.2, -0.15) is 0 Å². The Kier molecular flexibility index (Phi) is 3.83. The van der Waals surface area contributed by atoms with Crippen LogP contribution in [-0.2, 0) is 0 Å². The van der Waals surface area contributed by atoms with Gasteiger partial charge >= 0.3 is 0 Å². The van der Waals surface area contributed by atoms with Gasteiger partial charge in [0, 0.05) is 0 Å². The molecule has 0 bridgehead atoms. The van der Waals surface area contributed by atoms with Crippen LogP contribution >= 0.6 is 0 Å². The summed E-state index contributed by atoms with van der Waals surface area (Å²) in [6.07, 6.45) is 0. The minimum absolute atomic E-state index is 0.267. The summed E-state index contributed by atoms with van der Waals surface area (Å²) in [6, 6.07) is 15.7. The van der Waals surface area contributed by atoms with Crippen LogP contribution < -0.4 is 5.32 Å². The summed E-state index contributed by atoms with van der Waals surface area (Å²) in [5.74, 6) is 0. The van der Waals surface area contributed by atoms with Gasteiger partial charge in [0.2, 0.25) is 0 Å². The van der Waals surface area contributed by atoms with E-state index in [0.29, 0.717) is 0 Å². The van der Waals surface area contributed by atoms with Crippen LogP contribution in [0.25, 0.3) is 0 Å². The van der Waals surface area contributed by atoms with Crippen molar-refractivity contribution in [2.45, 2.75) is 26.8 Å². The fourth-order valence-corrected chi connectivity index (χ4v) is 2.55. The van der Waals surface area contributed by atoms with Gasteiger partial charge in [-0.3, -0.25) is 0 Å². The Labute approximate surface area is 110 Å². The van der Waals surface area contributed by atoms with Crippen LogP contribution in [0.5, 0.6) is 0 Å². The minimum atomic E-state index is 0.267. The lowest BCUT2D eigenvalue weighted by Gasteiger charge is -2.19. The molecular formula is C17H21N. The van der Waals surface area contributed by atoms with Crippen LogP contribution in [0.4, 0.5) is 0 Å². The van der Waals surface area contributed by atoms with Crippen molar-refractivity contribution in [1.82, 2.24) is 5.32 Å². The molecule has 0 aliphatic rings. The SMILES string of the molecule is CNC(c1cccc(C)c1)c1cc(C)cc(C)c1. The summed E-state index contributed by atoms with van der Waals surface area (Å²) in [7, 11) is 2.02. The molecule has 0 aliphatic heterocycles. The highest BCUT2D eigenvalue weighted by Gasteiger charge is 2.12. The summed E-state index contributed by atoms with van der Waals surface area (Å²) < 4.78 is 0. The Hall–Kier alpha value is -1.60. The van der Waals surface area contributed by atoms with Crippen molar-refractivity contribution in [2.75, 3.05) is 7.05 Å². The number of nitrogens with one attached hydrogen (secondary N) is 1. The summed E-state index contributed by atoms with van der Waals surface area (Å²) in [5.41, 5.74) is 6.59. The third-order valence-electron chi connectivity index (χ3n) is 3.24. The van der Waals surface area contributed by atoms with Crippen LogP contribution in [0.15, 0.2) is 42.5 Å². The van der Waals surface area contributed by atoms with E-state index in [4.69, 9.17) is 0 Å². The zero-order valence-corrected chi connectivity index (χ0v) is 11.6. The van der Waals surface area contributed by atoms with E-state index in [1.54, 1.807) is 0 Å². The molecule has 1 unspecified atom stereocenters. The first kappa shape index (κ1) is 12.8. The Morgan fingerprint density at radius 1 is 0.778 bits per heavy atom. The molecule has 0 aromatic heterocycles. The van der Waals surface area contributed by atoms with E-state index in [1.807, 2.05) is 7.05 Å². The normalized spacial score (nSPS) is 12.4. The molecule has 18 heavy (non-hydrogen) atoms. The van der Waals surface area contributed by atoms with Crippen molar-refractivity contribution in [3.8, 4) is 0 Å². The molecule has 0 amide bonds. The van der Waals surface area contributed by atoms with E-state index in [2.05, 4.69) is 68.6 Å². The van der Waals surface area contributed by atoms with E-state index in [9.17, 15) is 0 Å². The van der Waals surface area contributed by atoms with Crippen LogP contribution in [0.2, 0.25) is 0 Å². The van der Waals surface area contributed by atoms with E-state index < -0.39 is 0 Å². The minimum Gasteiger partial charge on any atom is -0.309 e. The second kappa shape index (κ2) is 5.36. The number of hydrogen-bond acceptors (Lipinski definition) is 1. The molecular weight excluding hydrogens is 218 g/mol. The molecule has 0 fully saturated rings. The molecule has 2 rings (SSSR count). The predicted molar refractivity (Wildman–Crippen MR) is 78.0 cm³/mol. The fourth-order valence-electron chi connectivity index (χ4n) is 2.55. The highest BCUT2D eigenvalue weighted by molar-refractivity contribution is 5.37. The molecule has 1 nitrogen and oxygen atoms in total. The lowest BCUT2D eigenvalue weighted by molar-refractivity contribution is 0.690. The van der Waals surface area contributed by atoms with Gasteiger partial charge in [0.1, 0.15) is 0 Å². The second-order valence-corrected chi connectivity index (χ2v) is 5.06. The van der Waals surface area contributed by atoms with Gasteiger partial charge in [-0.1, -0.05) is 59.2 Å². The molecule has 1 heteroatoms. The van der Waals surface area contributed by atoms with Crippen LogP contribution in [0, 0.1) is 20.8 Å². The maximum Gasteiger partial charge on any atom is 0.0574 e. The molecule has 0 saturated heterocycles. The van der Waals surface area contributed by atoms with E-state index >= 15 is 0 Å². The lowest BCUT2D eigenvalue weighted by atomic mass is 9.95. The van der Waals surface area contributed by atoms with Crippen LogP contribution in [-0.4, -0.2) is 7.05 Å². The summed E-state index contributed by atoms with van der Waals surface area (Å²) in [6.45, 7) is 6.44. The first-order chi connectivity index (χ1) is 8.60. The van der Waals surface area contributed by atoms with Crippen molar-refractivity contribution in [3.05, 3.63) is 70.3 Å². The maximum absolute atomic E-state index is 3.42. The summed E-state index contributed by atoms with van der Waals surface area (Å²) in [4.78, 5) is 0.